The minimum atomic E-state index is -0.531. The minimum Gasteiger partial charge on any atom is -0.444 e. The highest BCUT2D eigenvalue weighted by Crippen LogP contribution is 2.53. The Labute approximate surface area is 109 Å². The van der Waals surface area contributed by atoms with E-state index in [9.17, 15) is 9.90 Å². The molecule has 1 N–H and O–H groups in total. The van der Waals surface area contributed by atoms with Gasteiger partial charge in [0, 0.05) is 13.1 Å². The van der Waals surface area contributed by atoms with Crippen molar-refractivity contribution in [2.45, 2.75) is 64.6 Å². The fraction of sp³-hybridized carbons (Fsp3) is 0.929. The summed E-state index contributed by atoms with van der Waals surface area (Å²) in [5, 5.41) is 9.91. The van der Waals surface area contributed by atoms with Gasteiger partial charge in [-0.3, -0.25) is 0 Å². The van der Waals surface area contributed by atoms with Crippen LogP contribution in [0.25, 0.3) is 0 Å². The number of carbonyl (C=O) groups is 1. The van der Waals surface area contributed by atoms with Gasteiger partial charge in [0.1, 0.15) is 5.60 Å². The Hall–Kier alpha value is -0.770. The van der Waals surface area contributed by atoms with Gasteiger partial charge in [0.05, 0.1) is 5.60 Å². The predicted octanol–water partition coefficient (Wildman–Crippen LogP) is 2.55. The Morgan fingerprint density at radius 2 is 1.94 bits per heavy atom. The molecule has 2 fully saturated rings. The number of ether oxygens (including phenoxy) is 1. The maximum Gasteiger partial charge on any atom is 0.410 e. The highest BCUT2D eigenvalue weighted by atomic mass is 16.6. The molecule has 0 bridgehead atoms. The van der Waals surface area contributed by atoms with E-state index in [0.29, 0.717) is 0 Å². The molecule has 0 atom stereocenters. The highest BCUT2D eigenvalue weighted by Gasteiger charge is 2.53. The lowest BCUT2D eigenvalue weighted by Gasteiger charge is -2.56. The number of amides is 1. The van der Waals surface area contributed by atoms with Gasteiger partial charge in [0.25, 0.3) is 0 Å². The molecule has 0 radical (unpaired) electrons. The largest absolute Gasteiger partial charge is 0.444 e. The smallest absolute Gasteiger partial charge is 0.410 e. The van der Waals surface area contributed by atoms with Crippen molar-refractivity contribution in [3.63, 3.8) is 0 Å². The van der Waals surface area contributed by atoms with Gasteiger partial charge < -0.3 is 14.7 Å². The number of piperidine rings is 1. The zero-order valence-electron chi connectivity index (χ0n) is 12.0. The molecule has 0 aromatic rings. The normalized spacial score (nSPS) is 36.4. The molecule has 1 saturated heterocycles. The van der Waals surface area contributed by atoms with E-state index in [2.05, 4.69) is 0 Å². The number of nitrogens with zero attached hydrogens (tertiary/aromatic N) is 1. The highest BCUT2D eigenvalue weighted by molar-refractivity contribution is 5.68. The molecular weight excluding hydrogens is 230 g/mol. The molecule has 1 aliphatic carbocycles. The third kappa shape index (κ3) is 2.97. The summed E-state index contributed by atoms with van der Waals surface area (Å²) < 4.78 is 5.42. The van der Waals surface area contributed by atoms with Crippen LogP contribution in [0, 0.1) is 5.41 Å². The summed E-state index contributed by atoms with van der Waals surface area (Å²) in [6.45, 7) is 9.05. The van der Waals surface area contributed by atoms with E-state index in [1.165, 1.54) is 0 Å². The van der Waals surface area contributed by atoms with Gasteiger partial charge in [-0.2, -0.15) is 0 Å². The number of hydrogen-bond acceptors (Lipinski definition) is 3. The molecule has 0 unspecified atom stereocenters. The topological polar surface area (TPSA) is 49.8 Å². The van der Waals surface area contributed by atoms with Crippen LogP contribution in [0.5, 0.6) is 0 Å². The second-order valence-corrected chi connectivity index (χ2v) is 7.36. The van der Waals surface area contributed by atoms with Crippen molar-refractivity contribution in [1.29, 1.82) is 0 Å². The van der Waals surface area contributed by atoms with Gasteiger partial charge in [-0.05, 0) is 58.8 Å². The molecule has 2 aliphatic rings. The first-order chi connectivity index (χ1) is 8.11. The summed E-state index contributed by atoms with van der Waals surface area (Å²) >= 11 is 0. The van der Waals surface area contributed by atoms with E-state index in [-0.39, 0.29) is 11.5 Å². The van der Waals surface area contributed by atoms with Crippen molar-refractivity contribution in [3.8, 4) is 0 Å². The SMILES string of the molecule is CC1(O)CC2(CCCN(C(=O)OC(C)(C)C)C2)C1. The molecule has 0 aromatic carbocycles. The molecule has 1 spiro atoms. The summed E-state index contributed by atoms with van der Waals surface area (Å²) in [6, 6.07) is 0. The van der Waals surface area contributed by atoms with E-state index in [0.717, 1.165) is 38.8 Å². The van der Waals surface area contributed by atoms with Gasteiger partial charge in [-0.25, -0.2) is 4.79 Å². The lowest BCUT2D eigenvalue weighted by Crippen LogP contribution is -2.58. The fourth-order valence-corrected chi connectivity index (χ4v) is 3.54. The van der Waals surface area contributed by atoms with Gasteiger partial charge in [-0.15, -0.1) is 0 Å². The molecule has 104 valence electrons. The molecule has 1 amide bonds. The molecule has 4 nitrogen and oxygen atoms in total. The Kier molecular flexibility index (Phi) is 3.13. The Balaban J connectivity index is 1.94. The van der Waals surface area contributed by atoms with Crippen LogP contribution in [-0.4, -0.2) is 40.4 Å². The molecule has 1 saturated carbocycles. The lowest BCUT2D eigenvalue weighted by molar-refractivity contribution is -0.139. The van der Waals surface area contributed by atoms with E-state index in [1.807, 2.05) is 32.6 Å². The van der Waals surface area contributed by atoms with Crippen molar-refractivity contribution in [1.82, 2.24) is 4.90 Å². The first-order valence-corrected chi connectivity index (χ1v) is 6.81. The van der Waals surface area contributed by atoms with Crippen molar-refractivity contribution < 1.29 is 14.6 Å². The maximum absolute atomic E-state index is 12.0. The summed E-state index contributed by atoms with van der Waals surface area (Å²) in [7, 11) is 0. The Bertz CT molecular complexity index is 335. The Morgan fingerprint density at radius 1 is 1.33 bits per heavy atom. The number of likely N-dealkylation sites (tertiary alicyclic amines) is 1. The maximum atomic E-state index is 12.0. The zero-order chi connectivity index (χ0) is 13.6. The molecular formula is C14H25NO3. The summed E-state index contributed by atoms with van der Waals surface area (Å²) in [6.07, 6.45) is 3.52. The third-order valence-electron chi connectivity index (χ3n) is 3.82. The van der Waals surface area contributed by atoms with E-state index >= 15 is 0 Å². The quantitative estimate of drug-likeness (QED) is 0.723. The van der Waals surface area contributed by atoms with Crippen LogP contribution in [-0.2, 0) is 4.74 Å². The summed E-state index contributed by atoms with van der Waals surface area (Å²) in [4.78, 5) is 13.9. The minimum absolute atomic E-state index is 0.138. The molecule has 1 heterocycles. The molecule has 1 aliphatic heterocycles. The van der Waals surface area contributed by atoms with Gasteiger partial charge in [-0.1, -0.05) is 0 Å². The Morgan fingerprint density at radius 3 is 2.44 bits per heavy atom. The number of aliphatic hydroxyl groups is 1. The van der Waals surface area contributed by atoms with Gasteiger partial charge in [0.2, 0.25) is 0 Å². The standard InChI is InChI=1S/C14H25NO3/c1-12(2,3)18-11(16)15-7-5-6-14(10-15)8-13(4,17)9-14/h17H,5-10H2,1-4H3. The zero-order valence-corrected chi connectivity index (χ0v) is 12.0. The number of hydrogen-bond donors (Lipinski definition) is 1. The van der Waals surface area contributed by atoms with Gasteiger partial charge >= 0.3 is 6.09 Å². The monoisotopic (exact) mass is 255 g/mol. The molecule has 4 heteroatoms. The molecule has 2 rings (SSSR count). The third-order valence-corrected chi connectivity index (χ3v) is 3.82. The van der Waals surface area contributed by atoms with Crippen LogP contribution in [0.2, 0.25) is 0 Å². The summed E-state index contributed by atoms with van der Waals surface area (Å²) in [5.74, 6) is 0. The number of rotatable bonds is 0. The second-order valence-electron chi connectivity index (χ2n) is 7.36. The van der Waals surface area contributed by atoms with E-state index in [4.69, 9.17) is 4.74 Å². The molecule has 0 aromatic heterocycles. The second kappa shape index (κ2) is 4.12. The lowest BCUT2D eigenvalue weighted by atomic mass is 9.57. The van der Waals surface area contributed by atoms with Gasteiger partial charge in [0.15, 0.2) is 0 Å². The van der Waals surface area contributed by atoms with E-state index < -0.39 is 11.2 Å². The van der Waals surface area contributed by atoms with Crippen LogP contribution >= 0.6 is 0 Å². The van der Waals surface area contributed by atoms with Crippen LogP contribution in [0.1, 0.15) is 53.4 Å². The molecule has 18 heavy (non-hydrogen) atoms. The average molecular weight is 255 g/mol. The first-order valence-electron chi connectivity index (χ1n) is 6.81. The average Bonchev–Trinajstić information content (AvgIpc) is 2.11. The van der Waals surface area contributed by atoms with Crippen LogP contribution < -0.4 is 0 Å². The summed E-state index contributed by atoms with van der Waals surface area (Å²) in [5.41, 5.74) is -0.831. The fourth-order valence-electron chi connectivity index (χ4n) is 3.54. The first kappa shape index (κ1) is 13.7. The predicted molar refractivity (Wildman–Crippen MR) is 69.3 cm³/mol. The van der Waals surface area contributed by atoms with Crippen LogP contribution in [0.3, 0.4) is 0 Å². The van der Waals surface area contributed by atoms with Crippen molar-refractivity contribution >= 4 is 6.09 Å². The van der Waals surface area contributed by atoms with E-state index in [1.54, 1.807) is 0 Å². The number of carbonyl (C=O) groups excluding carboxylic acids is 1. The van der Waals surface area contributed by atoms with Crippen molar-refractivity contribution in [2.75, 3.05) is 13.1 Å². The van der Waals surface area contributed by atoms with Crippen LogP contribution in [0.4, 0.5) is 4.79 Å². The van der Waals surface area contributed by atoms with Crippen LogP contribution in [0.15, 0.2) is 0 Å². The van der Waals surface area contributed by atoms with Crippen molar-refractivity contribution in [2.24, 2.45) is 5.41 Å². The van der Waals surface area contributed by atoms with Crippen molar-refractivity contribution in [3.05, 3.63) is 0 Å².